The maximum Gasteiger partial charge on any atom is 0.134 e. The number of hydrogen-bond acceptors (Lipinski definition) is 3. The van der Waals surface area contributed by atoms with Crippen molar-refractivity contribution in [3.63, 3.8) is 0 Å². The fraction of sp³-hybridized carbons (Fsp3) is 0.188. The van der Waals surface area contributed by atoms with Gasteiger partial charge in [-0.05, 0) is 24.6 Å². The Morgan fingerprint density at radius 3 is 2.89 bits per heavy atom. The quantitative estimate of drug-likeness (QED) is 0.773. The van der Waals surface area contributed by atoms with Crippen molar-refractivity contribution in [1.82, 2.24) is 10.3 Å². The van der Waals surface area contributed by atoms with E-state index in [2.05, 4.69) is 29.4 Å². The molecule has 96 valence electrons. The number of rotatable bonds is 4. The van der Waals surface area contributed by atoms with Gasteiger partial charge in [0.15, 0.2) is 0 Å². The van der Waals surface area contributed by atoms with Gasteiger partial charge in [0.1, 0.15) is 5.58 Å². The van der Waals surface area contributed by atoms with E-state index in [-0.39, 0.29) is 0 Å². The number of para-hydroxylation sites is 1. The summed E-state index contributed by atoms with van der Waals surface area (Å²) in [4.78, 5) is 4.37. The van der Waals surface area contributed by atoms with Crippen molar-refractivity contribution in [2.24, 2.45) is 0 Å². The van der Waals surface area contributed by atoms with Crippen LogP contribution in [0.2, 0.25) is 0 Å². The van der Waals surface area contributed by atoms with Crippen LogP contribution in [0.25, 0.3) is 11.0 Å². The Kier molecular flexibility index (Phi) is 3.29. The Labute approximate surface area is 112 Å². The molecule has 0 spiro atoms. The van der Waals surface area contributed by atoms with Crippen molar-refractivity contribution >= 4 is 11.0 Å². The summed E-state index contributed by atoms with van der Waals surface area (Å²) in [6.07, 6.45) is 3.65. The average Bonchev–Trinajstić information content (AvgIpc) is 2.85. The van der Waals surface area contributed by atoms with E-state index in [0.717, 1.165) is 24.4 Å². The highest BCUT2D eigenvalue weighted by molar-refractivity contribution is 5.80. The SMILES string of the molecule is Cc1cccnc1CNCc1coc2ccccc12. The largest absolute Gasteiger partial charge is 0.464 e. The molecule has 2 aromatic heterocycles. The predicted molar refractivity (Wildman–Crippen MR) is 75.7 cm³/mol. The molecule has 3 nitrogen and oxygen atoms in total. The highest BCUT2D eigenvalue weighted by Gasteiger charge is 2.05. The Morgan fingerprint density at radius 1 is 1.11 bits per heavy atom. The zero-order chi connectivity index (χ0) is 13.1. The summed E-state index contributed by atoms with van der Waals surface area (Å²) in [5, 5.41) is 4.59. The Bertz CT molecular complexity index is 688. The summed E-state index contributed by atoms with van der Waals surface area (Å²) in [5.41, 5.74) is 4.43. The van der Waals surface area contributed by atoms with Crippen molar-refractivity contribution in [2.45, 2.75) is 20.0 Å². The third-order valence-corrected chi connectivity index (χ3v) is 3.29. The fourth-order valence-corrected chi connectivity index (χ4v) is 2.19. The molecule has 1 aromatic carbocycles. The fourth-order valence-electron chi connectivity index (χ4n) is 2.19. The lowest BCUT2D eigenvalue weighted by Crippen LogP contribution is -2.14. The van der Waals surface area contributed by atoms with E-state index in [0.29, 0.717) is 0 Å². The average molecular weight is 252 g/mol. The van der Waals surface area contributed by atoms with Gasteiger partial charge >= 0.3 is 0 Å². The maximum absolute atomic E-state index is 5.52. The molecule has 0 aliphatic rings. The van der Waals surface area contributed by atoms with Crippen molar-refractivity contribution in [3.05, 3.63) is 65.7 Å². The van der Waals surface area contributed by atoms with Crippen LogP contribution in [0.1, 0.15) is 16.8 Å². The zero-order valence-electron chi connectivity index (χ0n) is 10.9. The van der Waals surface area contributed by atoms with Crippen LogP contribution in [-0.2, 0) is 13.1 Å². The summed E-state index contributed by atoms with van der Waals surface area (Å²) >= 11 is 0. The van der Waals surface area contributed by atoms with Gasteiger partial charge in [-0.25, -0.2) is 0 Å². The molecule has 0 saturated carbocycles. The number of aryl methyl sites for hydroxylation is 1. The predicted octanol–water partition coefficient (Wildman–Crippen LogP) is 3.43. The molecular weight excluding hydrogens is 236 g/mol. The van der Waals surface area contributed by atoms with Crippen LogP contribution in [0.15, 0.2) is 53.3 Å². The molecular formula is C16H16N2O. The molecule has 1 N–H and O–H groups in total. The van der Waals surface area contributed by atoms with Crippen LogP contribution in [0.4, 0.5) is 0 Å². The number of nitrogens with one attached hydrogen (secondary N) is 1. The van der Waals surface area contributed by atoms with Gasteiger partial charge < -0.3 is 9.73 Å². The highest BCUT2D eigenvalue weighted by atomic mass is 16.3. The molecule has 19 heavy (non-hydrogen) atoms. The minimum Gasteiger partial charge on any atom is -0.464 e. The van der Waals surface area contributed by atoms with Gasteiger partial charge in [-0.15, -0.1) is 0 Å². The molecule has 0 aliphatic heterocycles. The third-order valence-electron chi connectivity index (χ3n) is 3.29. The van der Waals surface area contributed by atoms with Crippen LogP contribution >= 0.6 is 0 Å². The second-order valence-corrected chi connectivity index (χ2v) is 4.63. The molecule has 2 heterocycles. The van der Waals surface area contributed by atoms with Crippen LogP contribution < -0.4 is 5.32 Å². The summed E-state index contributed by atoms with van der Waals surface area (Å²) < 4.78 is 5.52. The molecule has 3 rings (SSSR count). The van der Waals surface area contributed by atoms with Gasteiger partial charge in [0.25, 0.3) is 0 Å². The summed E-state index contributed by atoms with van der Waals surface area (Å²) in [6, 6.07) is 12.1. The van der Waals surface area contributed by atoms with Gasteiger partial charge in [0, 0.05) is 30.2 Å². The number of fused-ring (bicyclic) bond motifs is 1. The molecule has 0 unspecified atom stereocenters. The Hall–Kier alpha value is -2.13. The Morgan fingerprint density at radius 2 is 2.00 bits per heavy atom. The van der Waals surface area contributed by atoms with Crippen LogP contribution in [0.5, 0.6) is 0 Å². The topological polar surface area (TPSA) is 38.1 Å². The van der Waals surface area contributed by atoms with Crippen molar-refractivity contribution in [1.29, 1.82) is 0 Å². The van der Waals surface area contributed by atoms with Crippen LogP contribution in [0.3, 0.4) is 0 Å². The van der Waals surface area contributed by atoms with E-state index in [1.807, 2.05) is 36.7 Å². The summed E-state index contributed by atoms with van der Waals surface area (Å²) in [6.45, 7) is 3.64. The number of benzene rings is 1. The minimum atomic E-state index is 0.770. The van der Waals surface area contributed by atoms with E-state index in [1.54, 1.807) is 0 Å². The van der Waals surface area contributed by atoms with Gasteiger partial charge in [0.05, 0.1) is 12.0 Å². The number of aromatic nitrogens is 1. The first-order chi connectivity index (χ1) is 9.34. The molecule has 0 aliphatic carbocycles. The summed E-state index contributed by atoms with van der Waals surface area (Å²) in [7, 11) is 0. The van der Waals surface area contributed by atoms with E-state index in [9.17, 15) is 0 Å². The van der Waals surface area contributed by atoms with E-state index in [4.69, 9.17) is 4.42 Å². The van der Waals surface area contributed by atoms with Crippen molar-refractivity contribution in [3.8, 4) is 0 Å². The standard InChI is InChI=1S/C16H16N2O/c1-12-5-4-8-18-15(12)10-17-9-13-11-19-16-7-3-2-6-14(13)16/h2-8,11,17H,9-10H2,1H3. The van der Waals surface area contributed by atoms with Gasteiger partial charge in [0.2, 0.25) is 0 Å². The number of nitrogens with zero attached hydrogens (tertiary/aromatic N) is 1. The lowest BCUT2D eigenvalue weighted by atomic mass is 10.1. The number of hydrogen-bond donors (Lipinski definition) is 1. The second-order valence-electron chi connectivity index (χ2n) is 4.63. The van der Waals surface area contributed by atoms with E-state index in [1.165, 1.54) is 16.5 Å². The lowest BCUT2D eigenvalue weighted by molar-refractivity contribution is 0.600. The smallest absolute Gasteiger partial charge is 0.134 e. The second kappa shape index (κ2) is 5.24. The van der Waals surface area contributed by atoms with Gasteiger partial charge in [-0.1, -0.05) is 24.3 Å². The molecule has 3 aromatic rings. The van der Waals surface area contributed by atoms with E-state index >= 15 is 0 Å². The first-order valence-corrected chi connectivity index (χ1v) is 6.41. The molecule has 0 bridgehead atoms. The molecule has 0 amide bonds. The lowest BCUT2D eigenvalue weighted by Gasteiger charge is -2.05. The molecule has 0 fully saturated rings. The van der Waals surface area contributed by atoms with E-state index < -0.39 is 0 Å². The first-order valence-electron chi connectivity index (χ1n) is 6.41. The van der Waals surface area contributed by atoms with Crippen LogP contribution in [-0.4, -0.2) is 4.98 Å². The maximum atomic E-state index is 5.52. The molecule has 0 radical (unpaired) electrons. The minimum absolute atomic E-state index is 0.770. The first kappa shape index (κ1) is 11.9. The molecule has 0 atom stereocenters. The van der Waals surface area contributed by atoms with Gasteiger partial charge in [-0.2, -0.15) is 0 Å². The zero-order valence-corrected chi connectivity index (χ0v) is 10.9. The van der Waals surface area contributed by atoms with Gasteiger partial charge in [-0.3, -0.25) is 4.98 Å². The normalized spacial score (nSPS) is 11.0. The Balaban J connectivity index is 1.68. The molecule has 0 saturated heterocycles. The number of pyridine rings is 1. The summed E-state index contributed by atoms with van der Waals surface area (Å²) in [5.74, 6) is 0. The number of furan rings is 1. The molecule has 3 heteroatoms. The monoisotopic (exact) mass is 252 g/mol. The van der Waals surface area contributed by atoms with Crippen molar-refractivity contribution in [2.75, 3.05) is 0 Å². The van der Waals surface area contributed by atoms with Crippen LogP contribution in [0, 0.1) is 6.92 Å². The highest BCUT2D eigenvalue weighted by Crippen LogP contribution is 2.20. The third kappa shape index (κ3) is 2.51. The van der Waals surface area contributed by atoms with Crippen molar-refractivity contribution < 1.29 is 4.42 Å².